The molecule has 2 fully saturated rings. The molecule has 11 nitrogen and oxygen atoms in total. The second-order valence-electron chi connectivity index (χ2n) is 12.1. The van der Waals surface area contributed by atoms with Gasteiger partial charge in [-0.3, -0.25) is 24.0 Å². The standard InChI is InChI=1S/C31H45N5O6/c1-21(2)25-20-42-26-11-6-5-10-23(26)28(39)32-24(29(40)36-17-9-16-35(18-19-36)22(3)37)12-13-27(38)34-31(30(41)33-25)14-7-4-8-15-31/h5-6,10-11,21,24-25H,4,7-9,12-20H2,1-3H3,(H,32,39)(H,33,41)(H,34,38)/t24-,25+/m0/s1. The molecular formula is C31H45N5O6. The number of benzene rings is 1. The molecule has 42 heavy (non-hydrogen) atoms. The van der Waals surface area contributed by atoms with Crippen molar-refractivity contribution in [3.05, 3.63) is 29.8 Å². The molecule has 2 heterocycles. The highest BCUT2D eigenvalue weighted by atomic mass is 16.5. The molecule has 1 spiro atoms. The number of ether oxygens (including phenoxy) is 1. The van der Waals surface area contributed by atoms with Crippen LogP contribution in [0, 0.1) is 5.92 Å². The molecule has 1 aromatic rings. The van der Waals surface area contributed by atoms with Gasteiger partial charge in [-0.2, -0.15) is 0 Å². The smallest absolute Gasteiger partial charge is 0.255 e. The van der Waals surface area contributed by atoms with Crippen LogP contribution in [0.25, 0.3) is 0 Å². The van der Waals surface area contributed by atoms with Crippen LogP contribution in [0.15, 0.2) is 24.3 Å². The molecule has 2 aliphatic heterocycles. The van der Waals surface area contributed by atoms with E-state index in [9.17, 15) is 24.0 Å². The van der Waals surface area contributed by atoms with Crippen molar-refractivity contribution in [1.82, 2.24) is 25.8 Å². The maximum atomic E-state index is 13.8. The first-order chi connectivity index (χ1) is 20.1. The van der Waals surface area contributed by atoms with Crippen LogP contribution in [0.5, 0.6) is 5.75 Å². The van der Waals surface area contributed by atoms with Crippen molar-refractivity contribution < 1.29 is 28.7 Å². The number of nitrogens with one attached hydrogen (secondary N) is 3. The summed E-state index contributed by atoms with van der Waals surface area (Å²) in [4.78, 5) is 69.7. The van der Waals surface area contributed by atoms with Crippen LogP contribution in [0.1, 0.15) is 82.5 Å². The van der Waals surface area contributed by atoms with Crippen LogP contribution in [-0.4, -0.2) is 89.7 Å². The molecule has 0 radical (unpaired) electrons. The number of para-hydroxylation sites is 1. The lowest BCUT2D eigenvalue weighted by Crippen LogP contribution is -2.62. The van der Waals surface area contributed by atoms with Gasteiger partial charge in [-0.1, -0.05) is 45.2 Å². The Bertz CT molecular complexity index is 1160. The van der Waals surface area contributed by atoms with Crippen molar-refractivity contribution in [2.75, 3.05) is 32.8 Å². The lowest BCUT2D eigenvalue weighted by Gasteiger charge is -2.38. The maximum absolute atomic E-state index is 13.8. The number of rotatable bonds is 2. The predicted octanol–water partition coefficient (Wildman–Crippen LogP) is 2.00. The molecule has 1 aliphatic carbocycles. The molecular weight excluding hydrogens is 538 g/mol. The van der Waals surface area contributed by atoms with E-state index in [4.69, 9.17) is 4.74 Å². The fourth-order valence-corrected chi connectivity index (χ4v) is 6.00. The lowest BCUT2D eigenvalue weighted by molar-refractivity contribution is -0.137. The Morgan fingerprint density at radius 1 is 0.929 bits per heavy atom. The number of amides is 5. The van der Waals surface area contributed by atoms with E-state index in [2.05, 4.69) is 16.0 Å². The Hall–Kier alpha value is -3.63. The van der Waals surface area contributed by atoms with Crippen molar-refractivity contribution in [3.63, 3.8) is 0 Å². The monoisotopic (exact) mass is 583 g/mol. The topological polar surface area (TPSA) is 137 Å². The van der Waals surface area contributed by atoms with E-state index in [1.165, 1.54) is 6.92 Å². The van der Waals surface area contributed by atoms with Crippen molar-refractivity contribution in [3.8, 4) is 5.75 Å². The fourth-order valence-electron chi connectivity index (χ4n) is 6.00. The van der Waals surface area contributed by atoms with Crippen molar-refractivity contribution >= 4 is 29.5 Å². The van der Waals surface area contributed by atoms with Gasteiger partial charge in [-0.25, -0.2) is 0 Å². The molecule has 1 aromatic carbocycles. The van der Waals surface area contributed by atoms with Gasteiger partial charge in [0, 0.05) is 39.5 Å². The minimum absolute atomic E-state index is 0.0368. The zero-order chi connectivity index (χ0) is 30.3. The molecule has 3 N–H and O–H groups in total. The third-order valence-corrected chi connectivity index (χ3v) is 8.71. The second-order valence-corrected chi connectivity index (χ2v) is 12.1. The normalized spacial score (nSPS) is 24.2. The van der Waals surface area contributed by atoms with Gasteiger partial charge in [0.25, 0.3) is 5.91 Å². The molecule has 230 valence electrons. The summed E-state index contributed by atoms with van der Waals surface area (Å²) < 4.78 is 6.12. The van der Waals surface area contributed by atoms with E-state index >= 15 is 0 Å². The zero-order valence-corrected chi connectivity index (χ0v) is 25.1. The van der Waals surface area contributed by atoms with E-state index in [0.29, 0.717) is 51.2 Å². The molecule has 4 rings (SSSR count). The Kier molecular flexibility index (Phi) is 10.5. The molecule has 11 heteroatoms. The SMILES string of the molecule is CC(=O)N1CCCN(C(=O)[C@@H]2CCC(=O)NC3(CCCCC3)C(=O)N[C@@H](C(C)C)COc3ccccc3C(=O)N2)CC1. The highest BCUT2D eigenvalue weighted by Crippen LogP contribution is 2.30. The summed E-state index contributed by atoms with van der Waals surface area (Å²) in [7, 11) is 0. The quantitative estimate of drug-likeness (QED) is 0.487. The van der Waals surface area contributed by atoms with Crippen LogP contribution in [0.4, 0.5) is 0 Å². The van der Waals surface area contributed by atoms with E-state index in [0.717, 1.165) is 19.3 Å². The Morgan fingerprint density at radius 3 is 2.33 bits per heavy atom. The summed E-state index contributed by atoms with van der Waals surface area (Å²) in [6.07, 6.45) is 4.39. The Morgan fingerprint density at radius 2 is 1.62 bits per heavy atom. The van der Waals surface area contributed by atoms with Crippen molar-refractivity contribution in [1.29, 1.82) is 0 Å². The molecule has 1 saturated carbocycles. The molecule has 0 aromatic heterocycles. The fraction of sp³-hybridized carbons (Fsp3) is 0.645. The number of nitrogens with zero attached hydrogens (tertiary/aromatic N) is 2. The van der Waals surface area contributed by atoms with Gasteiger partial charge in [0.2, 0.25) is 23.6 Å². The van der Waals surface area contributed by atoms with Gasteiger partial charge < -0.3 is 30.5 Å². The van der Waals surface area contributed by atoms with Crippen LogP contribution < -0.4 is 20.7 Å². The number of hydrogen-bond donors (Lipinski definition) is 3. The van der Waals surface area contributed by atoms with Gasteiger partial charge >= 0.3 is 0 Å². The zero-order valence-electron chi connectivity index (χ0n) is 25.1. The Balaban J connectivity index is 1.63. The maximum Gasteiger partial charge on any atom is 0.255 e. The summed E-state index contributed by atoms with van der Waals surface area (Å²) in [6.45, 7) is 7.39. The van der Waals surface area contributed by atoms with Gasteiger partial charge in [-0.05, 0) is 43.7 Å². The number of hydrogen-bond acceptors (Lipinski definition) is 6. The molecule has 2 atom stereocenters. The highest BCUT2D eigenvalue weighted by Gasteiger charge is 2.42. The predicted molar refractivity (Wildman–Crippen MR) is 157 cm³/mol. The average Bonchev–Trinajstić information content (AvgIpc) is 3.23. The molecule has 0 bridgehead atoms. The third-order valence-electron chi connectivity index (χ3n) is 8.71. The first-order valence-electron chi connectivity index (χ1n) is 15.3. The molecule has 0 unspecified atom stereocenters. The van der Waals surface area contributed by atoms with Crippen molar-refractivity contribution in [2.45, 2.75) is 89.8 Å². The summed E-state index contributed by atoms with van der Waals surface area (Å²) in [5.41, 5.74) is -0.754. The average molecular weight is 584 g/mol. The summed E-state index contributed by atoms with van der Waals surface area (Å²) in [5.74, 6) is -0.976. The van der Waals surface area contributed by atoms with Crippen LogP contribution in [-0.2, 0) is 19.2 Å². The van der Waals surface area contributed by atoms with Gasteiger partial charge in [0.1, 0.15) is 23.9 Å². The summed E-state index contributed by atoms with van der Waals surface area (Å²) in [6, 6.07) is 5.50. The van der Waals surface area contributed by atoms with E-state index in [1.54, 1.807) is 34.1 Å². The van der Waals surface area contributed by atoms with Gasteiger partial charge in [-0.15, -0.1) is 0 Å². The van der Waals surface area contributed by atoms with Crippen LogP contribution in [0.2, 0.25) is 0 Å². The highest BCUT2D eigenvalue weighted by molar-refractivity contribution is 6.00. The lowest BCUT2D eigenvalue weighted by atomic mass is 9.80. The Labute approximate surface area is 248 Å². The minimum Gasteiger partial charge on any atom is -0.491 e. The number of fused-ring (bicyclic) bond motifs is 1. The van der Waals surface area contributed by atoms with Crippen LogP contribution >= 0.6 is 0 Å². The van der Waals surface area contributed by atoms with Crippen molar-refractivity contribution in [2.24, 2.45) is 5.92 Å². The molecule has 1 saturated heterocycles. The number of carbonyl (C=O) groups is 5. The van der Waals surface area contributed by atoms with E-state index in [1.807, 2.05) is 13.8 Å². The first kappa shape index (κ1) is 31.3. The van der Waals surface area contributed by atoms with E-state index < -0.39 is 17.5 Å². The largest absolute Gasteiger partial charge is 0.491 e. The molecule has 5 amide bonds. The second kappa shape index (κ2) is 14.0. The summed E-state index contributed by atoms with van der Waals surface area (Å²) in [5, 5.41) is 9.04. The first-order valence-corrected chi connectivity index (χ1v) is 15.3. The van der Waals surface area contributed by atoms with E-state index in [-0.39, 0.29) is 60.6 Å². The molecule has 3 aliphatic rings. The van der Waals surface area contributed by atoms with Gasteiger partial charge in [0.05, 0.1) is 11.6 Å². The number of carbonyl (C=O) groups excluding carboxylic acids is 5. The van der Waals surface area contributed by atoms with Crippen LogP contribution in [0.3, 0.4) is 0 Å². The minimum atomic E-state index is -1.02. The van der Waals surface area contributed by atoms with Gasteiger partial charge in [0.15, 0.2) is 0 Å². The third kappa shape index (κ3) is 7.60. The summed E-state index contributed by atoms with van der Waals surface area (Å²) >= 11 is 0.